The van der Waals surface area contributed by atoms with Crippen LogP contribution in [0.2, 0.25) is 0 Å². The van der Waals surface area contributed by atoms with Crippen LogP contribution in [0, 0.1) is 5.92 Å². The molecule has 1 aliphatic carbocycles. The fourth-order valence-corrected chi connectivity index (χ4v) is 2.22. The summed E-state index contributed by atoms with van der Waals surface area (Å²) in [6, 6.07) is -0.689. The molecular formula is C10H16N4O2. The van der Waals surface area contributed by atoms with Gasteiger partial charge >= 0.3 is 5.97 Å². The van der Waals surface area contributed by atoms with E-state index in [0.29, 0.717) is 11.7 Å². The zero-order chi connectivity index (χ0) is 11.5. The number of carbonyl (C=O) groups is 1. The minimum atomic E-state index is -0.903. The van der Waals surface area contributed by atoms with Crippen LogP contribution >= 0.6 is 0 Å². The maximum atomic E-state index is 10.9. The van der Waals surface area contributed by atoms with Crippen molar-refractivity contribution >= 4 is 5.97 Å². The zero-order valence-corrected chi connectivity index (χ0v) is 9.33. The van der Waals surface area contributed by atoms with Crippen LogP contribution in [0.4, 0.5) is 0 Å². The summed E-state index contributed by atoms with van der Waals surface area (Å²) in [4.78, 5) is 10.9. The van der Waals surface area contributed by atoms with Gasteiger partial charge in [-0.05, 0) is 23.3 Å². The topological polar surface area (TPSA) is 80.9 Å². The van der Waals surface area contributed by atoms with Crippen LogP contribution in [0.3, 0.4) is 0 Å². The van der Waals surface area contributed by atoms with E-state index in [1.54, 1.807) is 6.92 Å². The van der Waals surface area contributed by atoms with Crippen molar-refractivity contribution in [3.05, 3.63) is 5.82 Å². The highest BCUT2D eigenvalue weighted by Gasteiger charge is 2.23. The summed E-state index contributed by atoms with van der Waals surface area (Å²) in [5.41, 5.74) is 0. The molecule has 0 aliphatic heterocycles. The van der Waals surface area contributed by atoms with Gasteiger partial charge in [-0.2, -0.15) is 0 Å². The lowest BCUT2D eigenvalue weighted by Crippen LogP contribution is -2.20. The lowest BCUT2D eigenvalue weighted by atomic mass is 10.0. The van der Waals surface area contributed by atoms with Crippen molar-refractivity contribution in [2.24, 2.45) is 5.92 Å². The fraction of sp³-hybridized carbons (Fsp3) is 0.800. The molecule has 1 N–H and O–H groups in total. The van der Waals surface area contributed by atoms with E-state index in [1.807, 2.05) is 0 Å². The summed E-state index contributed by atoms with van der Waals surface area (Å²) in [7, 11) is 0. The van der Waals surface area contributed by atoms with Crippen molar-refractivity contribution < 1.29 is 9.90 Å². The van der Waals surface area contributed by atoms with Crippen molar-refractivity contribution in [3.63, 3.8) is 0 Å². The first-order valence-corrected chi connectivity index (χ1v) is 5.68. The number of carboxylic acids is 1. The predicted octanol–water partition coefficient (Wildman–Crippen LogP) is 1.05. The lowest BCUT2D eigenvalue weighted by Gasteiger charge is -2.11. The van der Waals surface area contributed by atoms with Gasteiger partial charge in [-0.25, -0.2) is 9.48 Å². The SMILES string of the molecule is CC(C(=O)O)n1nnnc1CC1CCCC1. The number of hydrogen-bond acceptors (Lipinski definition) is 4. The second kappa shape index (κ2) is 4.59. The molecular weight excluding hydrogens is 208 g/mol. The third kappa shape index (κ3) is 2.20. The van der Waals surface area contributed by atoms with E-state index < -0.39 is 12.0 Å². The van der Waals surface area contributed by atoms with E-state index in [0.717, 1.165) is 6.42 Å². The quantitative estimate of drug-likeness (QED) is 0.826. The van der Waals surface area contributed by atoms with Gasteiger partial charge in [-0.1, -0.05) is 25.7 Å². The molecule has 1 heterocycles. The highest BCUT2D eigenvalue weighted by atomic mass is 16.4. The van der Waals surface area contributed by atoms with E-state index >= 15 is 0 Å². The molecule has 1 saturated carbocycles. The number of aromatic nitrogens is 4. The average Bonchev–Trinajstić information content (AvgIpc) is 2.88. The minimum absolute atomic E-state index is 0.616. The van der Waals surface area contributed by atoms with Gasteiger partial charge in [0.25, 0.3) is 0 Å². The first-order chi connectivity index (χ1) is 7.68. The van der Waals surface area contributed by atoms with Crippen molar-refractivity contribution in [2.45, 2.75) is 45.1 Å². The first-order valence-electron chi connectivity index (χ1n) is 5.68. The number of rotatable bonds is 4. The number of tetrazole rings is 1. The summed E-state index contributed by atoms with van der Waals surface area (Å²) in [5.74, 6) is 0.410. The van der Waals surface area contributed by atoms with E-state index in [-0.39, 0.29) is 0 Å². The first kappa shape index (κ1) is 11.0. The molecule has 16 heavy (non-hydrogen) atoms. The summed E-state index contributed by atoms with van der Waals surface area (Å²) in [5, 5.41) is 20.2. The van der Waals surface area contributed by atoms with Crippen molar-refractivity contribution in [2.75, 3.05) is 0 Å². The number of hydrogen-bond donors (Lipinski definition) is 1. The maximum absolute atomic E-state index is 10.9. The van der Waals surface area contributed by atoms with Gasteiger partial charge in [-0.15, -0.1) is 5.10 Å². The molecule has 0 saturated heterocycles. The van der Waals surface area contributed by atoms with Gasteiger partial charge < -0.3 is 5.11 Å². The molecule has 1 unspecified atom stereocenters. The van der Waals surface area contributed by atoms with Gasteiger partial charge in [0, 0.05) is 6.42 Å². The van der Waals surface area contributed by atoms with Crippen LogP contribution in [0.5, 0.6) is 0 Å². The van der Waals surface area contributed by atoms with E-state index in [4.69, 9.17) is 5.11 Å². The molecule has 0 radical (unpaired) electrons. The smallest absolute Gasteiger partial charge is 0.328 e. The maximum Gasteiger partial charge on any atom is 0.328 e. The zero-order valence-electron chi connectivity index (χ0n) is 9.33. The van der Waals surface area contributed by atoms with E-state index in [1.165, 1.54) is 30.4 Å². The van der Waals surface area contributed by atoms with Gasteiger partial charge in [-0.3, -0.25) is 0 Å². The summed E-state index contributed by atoms with van der Waals surface area (Å²) >= 11 is 0. The van der Waals surface area contributed by atoms with Gasteiger partial charge in [0.2, 0.25) is 0 Å². The van der Waals surface area contributed by atoms with Crippen LogP contribution in [0.25, 0.3) is 0 Å². The molecule has 0 spiro atoms. The van der Waals surface area contributed by atoms with Gasteiger partial charge in [0.05, 0.1) is 0 Å². The third-order valence-electron chi connectivity index (χ3n) is 3.23. The van der Waals surface area contributed by atoms with Crippen LogP contribution in [-0.2, 0) is 11.2 Å². The largest absolute Gasteiger partial charge is 0.480 e. The summed E-state index contributed by atoms with van der Waals surface area (Å²) in [6.07, 6.45) is 5.73. The van der Waals surface area contributed by atoms with Gasteiger partial charge in [0.15, 0.2) is 5.82 Å². The molecule has 6 nitrogen and oxygen atoms in total. The molecule has 1 aliphatic rings. The number of carboxylic acid groups (broad SMARTS) is 1. The molecule has 0 aromatic carbocycles. The Hall–Kier alpha value is -1.46. The molecule has 0 amide bonds. The Morgan fingerprint density at radius 2 is 2.25 bits per heavy atom. The predicted molar refractivity (Wildman–Crippen MR) is 55.8 cm³/mol. The molecule has 1 fully saturated rings. The Labute approximate surface area is 93.6 Å². The molecule has 1 atom stereocenters. The van der Waals surface area contributed by atoms with Gasteiger partial charge in [0.1, 0.15) is 6.04 Å². The second-order valence-electron chi connectivity index (χ2n) is 4.41. The summed E-state index contributed by atoms with van der Waals surface area (Å²) in [6.45, 7) is 1.59. The Morgan fingerprint density at radius 3 is 2.88 bits per heavy atom. The molecule has 88 valence electrons. The highest BCUT2D eigenvalue weighted by molar-refractivity contribution is 5.71. The molecule has 2 rings (SSSR count). The van der Waals surface area contributed by atoms with Crippen molar-refractivity contribution in [3.8, 4) is 0 Å². The van der Waals surface area contributed by atoms with Crippen LogP contribution in [0.1, 0.15) is 44.5 Å². The Balaban J connectivity index is 2.09. The van der Waals surface area contributed by atoms with Crippen LogP contribution in [0.15, 0.2) is 0 Å². The highest BCUT2D eigenvalue weighted by Crippen LogP contribution is 2.27. The fourth-order valence-electron chi connectivity index (χ4n) is 2.22. The number of nitrogens with zero attached hydrogens (tertiary/aromatic N) is 4. The minimum Gasteiger partial charge on any atom is -0.480 e. The molecule has 1 aromatic rings. The lowest BCUT2D eigenvalue weighted by molar-refractivity contribution is -0.140. The standard InChI is InChI=1S/C10H16N4O2/c1-7(10(15)16)14-9(11-12-13-14)6-8-4-2-3-5-8/h7-8H,2-6H2,1H3,(H,15,16). The van der Waals surface area contributed by atoms with Crippen molar-refractivity contribution in [1.29, 1.82) is 0 Å². The Kier molecular flexibility index (Phi) is 3.17. The third-order valence-corrected chi connectivity index (χ3v) is 3.23. The average molecular weight is 224 g/mol. The second-order valence-corrected chi connectivity index (χ2v) is 4.41. The van der Waals surface area contributed by atoms with Crippen molar-refractivity contribution in [1.82, 2.24) is 20.2 Å². The Bertz CT molecular complexity index is 371. The number of aliphatic carboxylic acids is 1. The molecule has 0 bridgehead atoms. The monoisotopic (exact) mass is 224 g/mol. The van der Waals surface area contributed by atoms with E-state index in [9.17, 15) is 4.79 Å². The normalized spacial score (nSPS) is 18.8. The summed E-state index contributed by atoms with van der Waals surface area (Å²) < 4.78 is 1.42. The Morgan fingerprint density at radius 1 is 1.56 bits per heavy atom. The molecule has 6 heteroatoms. The van der Waals surface area contributed by atoms with Crippen LogP contribution < -0.4 is 0 Å². The van der Waals surface area contributed by atoms with E-state index in [2.05, 4.69) is 15.5 Å². The molecule has 1 aromatic heterocycles. The van der Waals surface area contributed by atoms with Crippen LogP contribution in [-0.4, -0.2) is 31.3 Å².